The van der Waals surface area contributed by atoms with Crippen LogP contribution in [0.4, 0.5) is 0 Å². The molecule has 3 heteroatoms. The normalized spacial score (nSPS) is 54.2. The van der Waals surface area contributed by atoms with E-state index in [-0.39, 0.29) is 11.8 Å². The molecule has 0 amide bonds. The van der Waals surface area contributed by atoms with Crippen LogP contribution < -0.4 is 0 Å². The van der Waals surface area contributed by atoms with E-state index in [0.717, 1.165) is 25.7 Å². The van der Waals surface area contributed by atoms with Gasteiger partial charge in [0.05, 0.1) is 11.5 Å². The predicted octanol–water partition coefficient (Wildman–Crippen LogP) is 1.89. The fraction of sp³-hybridized carbons (Fsp3) is 0.923. The van der Waals surface area contributed by atoms with Crippen LogP contribution in [0.25, 0.3) is 0 Å². The summed E-state index contributed by atoms with van der Waals surface area (Å²) < 4.78 is 0. The maximum Gasteiger partial charge on any atom is 0.307 e. The van der Waals surface area contributed by atoms with Crippen molar-refractivity contribution in [2.75, 3.05) is 0 Å². The van der Waals surface area contributed by atoms with Gasteiger partial charge in [0.15, 0.2) is 0 Å². The van der Waals surface area contributed by atoms with E-state index >= 15 is 0 Å². The summed E-state index contributed by atoms with van der Waals surface area (Å²) in [5, 5.41) is 20.1. The van der Waals surface area contributed by atoms with E-state index in [2.05, 4.69) is 0 Å². The monoisotopic (exact) mass is 224 g/mol. The minimum Gasteiger partial charge on any atom is -0.481 e. The molecule has 0 aliphatic heterocycles. The number of carboxylic acid groups (broad SMARTS) is 1. The predicted molar refractivity (Wildman–Crippen MR) is 58.8 cm³/mol. The molecule has 4 rings (SSSR count). The molecule has 0 saturated heterocycles. The number of carboxylic acids is 1. The molecule has 4 aliphatic carbocycles. The Bertz CT molecular complexity index is 327. The second-order valence-electron chi connectivity index (χ2n) is 6.08. The highest BCUT2D eigenvalue weighted by molar-refractivity contribution is 5.71. The second-order valence-corrected chi connectivity index (χ2v) is 6.08. The first kappa shape index (κ1) is 10.6. The molecule has 0 aromatic carbocycles. The Balaban J connectivity index is 1.99. The average Bonchev–Trinajstić information content (AvgIpc) is 2.24. The molecule has 90 valence electrons. The Labute approximate surface area is 95.9 Å². The van der Waals surface area contributed by atoms with Crippen LogP contribution >= 0.6 is 0 Å². The van der Waals surface area contributed by atoms with Crippen molar-refractivity contribution >= 4 is 5.97 Å². The van der Waals surface area contributed by atoms with E-state index in [1.165, 1.54) is 0 Å². The van der Waals surface area contributed by atoms with Gasteiger partial charge < -0.3 is 10.2 Å². The number of rotatable bonds is 2. The van der Waals surface area contributed by atoms with Gasteiger partial charge in [0.2, 0.25) is 0 Å². The van der Waals surface area contributed by atoms with Gasteiger partial charge in [-0.05, 0) is 49.9 Å². The summed E-state index contributed by atoms with van der Waals surface area (Å²) in [5.74, 6) is 0.461. The molecule has 6 atom stereocenters. The van der Waals surface area contributed by atoms with E-state index < -0.39 is 11.6 Å². The van der Waals surface area contributed by atoms with Crippen LogP contribution in [0.2, 0.25) is 0 Å². The lowest BCUT2D eigenvalue weighted by Gasteiger charge is -2.61. The molecular formula is C13H20O3. The highest BCUT2D eigenvalue weighted by Gasteiger charge is 2.61. The Morgan fingerprint density at radius 1 is 1.31 bits per heavy atom. The molecule has 0 radical (unpaired) electrons. The second kappa shape index (κ2) is 3.22. The van der Waals surface area contributed by atoms with Gasteiger partial charge in [-0.3, -0.25) is 4.79 Å². The first-order chi connectivity index (χ1) is 7.56. The van der Waals surface area contributed by atoms with Gasteiger partial charge in [-0.25, -0.2) is 0 Å². The molecule has 6 unspecified atom stereocenters. The molecule has 4 fully saturated rings. The fourth-order valence-electron chi connectivity index (χ4n) is 4.96. The van der Waals surface area contributed by atoms with Crippen LogP contribution in [0.5, 0.6) is 0 Å². The van der Waals surface area contributed by atoms with E-state index in [0.29, 0.717) is 24.2 Å². The third-order valence-corrected chi connectivity index (χ3v) is 5.57. The van der Waals surface area contributed by atoms with Crippen LogP contribution in [0, 0.1) is 29.6 Å². The Morgan fingerprint density at radius 2 is 2.06 bits per heavy atom. The zero-order valence-corrected chi connectivity index (χ0v) is 9.72. The lowest BCUT2D eigenvalue weighted by Crippen LogP contribution is -2.62. The largest absolute Gasteiger partial charge is 0.481 e. The third-order valence-electron chi connectivity index (χ3n) is 5.57. The lowest BCUT2D eigenvalue weighted by atomic mass is 9.45. The summed E-state index contributed by atoms with van der Waals surface area (Å²) in [7, 11) is 0. The first-order valence-electron chi connectivity index (χ1n) is 6.51. The van der Waals surface area contributed by atoms with Crippen LogP contribution in [0.3, 0.4) is 0 Å². The van der Waals surface area contributed by atoms with Gasteiger partial charge in [0.25, 0.3) is 0 Å². The first-order valence-corrected chi connectivity index (χ1v) is 6.51. The van der Waals surface area contributed by atoms with Crippen molar-refractivity contribution in [3.05, 3.63) is 0 Å². The van der Waals surface area contributed by atoms with Crippen LogP contribution in [0.1, 0.15) is 39.0 Å². The molecule has 4 saturated carbocycles. The fourth-order valence-corrected chi connectivity index (χ4v) is 4.96. The number of hydrogen-bond acceptors (Lipinski definition) is 2. The van der Waals surface area contributed by atoms with Crippen molar-refractivity contribution in [3.8, 4) is 0 Å². The van der Waals surface area contributed by atoms with Crippen molar-refractivity contribution in [2.45, 2.75) is 44.6 Å². The number of hydrogen-bond donors (Lipinski definition) is 2. The molecule has 0 aromatic heterocycles. The molecule has 3 nitrogen and oxygen atoms in total. The summed E-state index contributed by atoms with van der Waals surface area (Å²) >= 11 is 0. The van der Waals surface area contributed by atoms with Gasteiger partial charge in [-0.1, -0.05) is 6.92 Å². The number of aliphatic hydroxyl groups is 1. The smallest absolute Gasteiger partial charge is 0.307 e. The molecule has 0 heterocycles. The molecule has 0 aromatic rings. The zero-order valence-electron chi connectivity index (χ0n) is 9.72. The van der Waals surface area contributed by atoms with Crippen molar-refractivity contribution in [3.63, 3.8) is 0 Å². The quantitative estimate of drug-likeness (QED) is 0.753. The Kier molecular flexibility index (Phi) is 2.13. The average molecular weight is 224 g/mol. The molecule has 16 heavy (non-hydrogen) atoms. The van der Waals surface area contributed by atoms with Crippen molar-refractivity contribution in [2.24, 2.45) is 29.6 Å². The van der Waals surface area contributed by atoms with E-state index in [1.54, 1.807) is 0 Å². The Hall–Kier alpha value is -0.570. The van der Waals surface area contributed by atoms with Crippen molar-refractivity contribution in [1.29, 1.82) is 0 Å². The number of carbonyl (C=O) groups is 1. The lowest BCUT2D eigenvalue weighted by molar-refractivity contribution is -0.210. The van der Waals surface area contributed by atoms with E-state index in [4.69, 9.17) is 0 Å². The molecule has 2 N–H and O–H groups in total. The summed E-state index contributed by atoms with van der Waals surface area (Å²) in [6.07, 6.45) is 4.81. The summed E-state index contributed by atoms with van der Waals surface area (Å²) in [4.78, 5) is 11.4. The van der Waals surface area contributed by atoms with Crippen LogP contribution in [0.15, 0.2) is 0 Å². The van der Waals surface area contributed by atoms with Gasteiger partial charge in [0, 0.05) is 5.92 Å². The summed E-state index contributed by atoms with van der Waals surface area (Å²) in [6.45, 7) is 2.00. The standard InChI is InChI=1S/C13H20O3/c1-2-13(16)9-4-7-3-8(6-9)11(12(14)15)10(13)5-7/h7-11,16H,2-6H2,1H3,(H,14,15). The number of aliphatic carboxylic acids is 1. The van der Waals surface area contributed by atoms with Crippen molar-refractivity contribution < 1.29 is 15.0 Å². The molecule has 4 bridgehead atoms. The van der Waals surface area contributed by atoms with Crippen molar-refractivity contribution in [1.82, 2.24) is 0 Å². The van der Waals surface area contributed by atoms with Gasteiger partial charge in [-0.2, -0.15) is 0 Å². The summed E-state index contributed by atoms with van der Waals surface area (Å²) in [5.41, 5.74) is -0.684. The SMILES string of the molecule is CCC1(O)C2CC3CC(C2)C(C(=O)O)C1C3. The van der Waals surface area contributed by atoms with E-state index in [1.807, 2.05) is 6.92 Å². The summed E-state index contributed by atoms with van der Waals surface area (Å²) in [6, 6.07) is 0. The van der Waals surface area contributed by atoms with Gasteiger partial charge >= 0.3 is 5.97 Å². The van der Waals surface area contributed by atoms with Gasteiger partial charge in [0.1, 0.15) is 0 Å². The minimum absolute atomic E-state index is 0.0197. The molecular weight excluding hydrogens is 204 g/mol. The Morgan fingerprint density at radius 3 is 2.69 bits per heavy atom. The maximum atomic E-state index is 11.4. The van der Waals surface area contributed by atoms with E-state index in [9.17, 15) is 15.0 Å². The topological polar surface area (TPSA) is 57.5 Å². The van der Waals surface area contributed by atoms with Crippen LogP contribution in [-0.4, -0.2) is 21.8 Å². The molecule has 4 aliphatic rings. The zero-order chi connectivity index (χ0) is 11.5. The highest BCUT2D eigenvalue weighted by Crippen LogP contribution is 2.61. The molecule has 0 spiro atoms. The van der Waals surface area contributed by atoms with Crippen LogP contribution in [-0.2, 0) is 4.79 Å². The minimum atomic E-state index is -0.684. The third kappa shape index (κ3) is 1.15. The highest BCUT2D eigenvalue weighted by atomic mass is 16.4. The maximum absolute atomic E-state index is 11.4. The van der Waals surface area contributed by atoms with Gasteiger partial charge in [-0.15, -0.1) is 0 Å².